The highest BCUT2D eigenvalue weighted by molar-refractivity contribution is 5.66. The molecule has 0 amide bonds. The van der Waals surface area contributed by atoms with Crippen molar-refractivity contribution in [2.75, 3.05) is 49.6 Å². The smallest absolute Gasteiger partial charge is 0.227 e. The third kappa shape index (κ3) is 5.57. The zero-order valence-corrected chi connectivity index (χ0v) is 18.7. The lowest BCUT2D eigenvalue weighted by Gasteiger charge is -2.31. The molecule has 0 atom stereocenters. The van der Waals surface area contributed by atoms with Crippen LogP contribution in [0.4, 0.5) is 17.3 Å². The zero-order valence-electron chi connectivity index (χ0n) is 18.7. The molecule has 1 saturated heterocycles. The summed E-state index contributed by atoms with van der Waals surface area (Å²) in [5, 5.41) is 6.80. The third-order valence-corrected chi connectivity index (χ3v) is 5.79. The van der Waals surface area contributed by atoms with Crippen LogP contribution in [0.3, 0.4) is 0 Å². The molecule has 6 bridgehead atoms. The number of fused-ring (bicyclic) bond motifs is 7. The van der Waals surface area contributed by atoms with Crippen molar-refractivity contribution in [3.8, 4) is 11.3 Å². The van der Waals surface area contributed by atoms with E-state index < -0.39 is 0 Å². The summed E-state index contributed by atoms with van der Waals surface area (Å²) < 4.78 is 11.8. The first-order chi connectivity index (χ1) is 16.3. The number of piperazine rings is 1. The molecule has 5 rings (SSSR count). The molecule has 3 aromatic rings. The van der Waals surface area contributed by atoms with Crippen LogP contribution in [0.25, 0.3) is 11.3 Å². The molecule has 2 aliphatic rings. The fraction of sp³-hybridized carbons (Fsp3) is 0.308. The Hall–Kier alpha value is -3.26. The van der Waals surface area contributed by atoms with Gasteiger partial charge in [0, 0.05) is 54.9 Å². The Balaban J connectivity index is 1.47. The first-order valence-electron chi connectivity index (χ1n) is 11.4. The van der Waals surface area contributed by atoms with Crippen molar-refractivity contribution in [3.63, 3.8) is 0 Å². The van der Waals surface area contributed by atoms with Crippen molar-refractivity contribution in [2.24, 2.45) is 0 Å². The quantitative estimate of drug-likeness (QED) is 0.553. The minimum atomic E-state index is 0.533. The molecule has 1 fully saturated rings. The lowest BCUT2D eigenvalue weighted by molar-refractivity contribution is 0.140. The Morgan fingerprint density at radius 3 is 2.61 bits per heavy atom. The van der Waals surface area contributed by atoms with E-state index in [1.54, 1.807) is 6.20 Å². The molecule has 0 saturated carbocycles. The lowest BCUT2D eigenvalue weighted by atomic mass is 10.1. The van der Waals surface area contributed by atoms with Crippen LogP contribution in [0, 0.1) is 0 Å². The van der Waals surface area contributed by atoms with E-state index in [9.17, 15) is 0 Å². The monoisotopic (exact) mass is 443 g/mol. The Bertz CT molecular complexity index is 1110. The molecule has 1 aromatic heterocycles. The summed E-state index contributed by atoms with van der Waals surface area (Å²) in [5.74, 6) is 0.569. The van der Waals surface area contributed by atoms with E-state index in [4.69, 9.17) is 14.5 Å². The van der Waals surface area contributed by atoms with Crippen molar-refractivity contribution < 1.29 is 9.47 Å². The van der Waals surface area contributed by atoms with Crippen LogP contribution in [-0.2, 0) is 22.7 Å². The minimum Gasteiger partial charge on any atom is -0.373 e. The summed E-state index contributed by atoms with van der Waals surface area (Å²) in [6.45, 7) is 6.14. The van der Waals surface area contributed by atoms with Gasteiger partial charge in [0.15, 0.2) is 0 Å². The van der Waals surface area contributed by atoms with E-state index in [2.05, 4.69) is 56.9 Å². The second kappa shape index (κ2) is 10.6. The normalized spacial score (nSPS) is 17.0. The number of aromatic nitrogens is 2. The number of nitrogens with zero attached hydrogens (tertiary/aromatic N) is 3. The molecule has 7 heteroatoms. The highest BCUT2D eigenvalue weighted by Gasteiger charge is 2.15. The Morgan fingerprint density at radius 1 is 0.879 bits per heavy atom. The largest absolute Gasteiger partial charge is 0.373 e. The predicted molar refractivity (Wildman–Crippen MR) is 131 cm³/mol. The number of hydrogen-bond acceptors (Lipinski definition) is 7. The molecule has 2 N–H and O–H groups in total. The summed E-state index contributed by atoms with van der Waals surface area (Å²) in [5.41, 5.74) is 6.34. The Morgan fingerprint density at radius 2 is 1.73 bits per heavy atom. The fourth-order valence-corrected chi connectivity index (χ4v) is 4.14. The van der Waals surface area contributed by atoms with Gasteiger partial charge in [0.25, 0.3) is 0 Å². The molecule has 0 unspecified atom stereocenters. The maximum Gasteiger partial charge on any atom is 0.227 e. The van der Waals surface area contributed by atoms with Crippen LogP contribution in [0.1, 0.15) is 11.1 Å². The fourth-order valence-electron chi connectivity index (χ4n) is 4.14. The van der Waals surface area contributed by atoms with Gasteiger partial charge in [0.1, 0.15) is 0 Å². The van der Waals surface area contributed by atoms with Gasteiger partial charge in [-0.25, -0.2) is 9.97 Å². The highest BCUT2D eigenvalue weighted by Crippen LogP contribution is 2.28. The lowest BCUT2D eigenvalue weighted by Crippen LogP contribution is -2.43. The molecular weight excluding hydrogens is 414 g/mol. The van der Waals surface area contributed by atoms with Crippen molar-refractivity contribution in [1.29, 1.82) is 0 Å². The molecule has 0 spiro atoms. The summed E-state index contributed by atoms with van der Waals surface area (Å²) in [6.07, 6.45) is 5.82. The molecule has 170 valence electrons. The van der Waals surface area contributed by atoms with E-state index in [0.717, 1.165) is 54.3 Å². The number of rotatable bonds is 1. The topological polar surface area (TPSA) is 71.5 Å². The zero-order chi connectivity index (χ0) is 22.3. The van der Waals surface area contributed by atoms with E-state index in [0.29, 0.717) is 32.4 Å². The van der Waals surface area contributed by atoms with Crippen LogP contribution >= 0.6 is 0 Å². The summed E-state index contributed by atoms with van der Waals surface area (Å²) in [6, 6.07) is 16.6. The highest BCUT2D eigenvalue weighted by atomic mass is 16.5. The van der Waals surface area contributed by atoms with Crippen LogP contribution in [0.15, 0.2) is 66.9 Å². The number of nitrogens with one attached hydrogen (secondary N) is 2. The van der Waals surface area contributed by atoms with E-state index in [1.807, 2.05) is 24.3 Å². The molecule has 2 aromatic carbocycles. The molecule has 33 heavy (non-hydrogen) atoms. The number of anilines is 3. The average molecular weight is 444 g/mol. The van der Waals surface area contributed by atoms with Gasteiger partial charge in [-0.1, -0.05) is 30.4 Å². The predicted octanol–water partition coefficient (Wildman–Crippen LogP) is 3.90. The van der Waals surface area contributed by atoms with Crippen molar-refractivity contribution >= 4 is 17.3 Å². The van der Waals surface area contributed by atoms with Gasteiger partial charge in [-0.2, -0.15) is 0 Å². The first kappa shape index (κ1) is 21.6. The Kier molecular flexibility index (Phi) is 6.91. The van der Waals surface area contributed by atoms with Gasteiger partial charge in [-0.3, -0.25) is 0 Å². The van der Waals surface area contributed by atoms with E-state index in [-0.39, 0.29) is 0 Å². The van der Waals surface area contributed by atoms with Crippen LogP contribution in [0.2, 0.25) is 0 Å². The molecule has 7 nitrogen and oxygen atoms in total. The van der Waals surface area contributed by atoms with Crippen molar-refractivity contribution in [1.82, 2.24) is 15.3 Å². The van der Waals surface area contributed by atoms with Crippen LogP contribution < -0.4 is 15.5 Å². The summed E-state index contributed by atoms with van der Waals surface area (Å²) in [4.78, 5) is 11.6. The molecule has 0 radical (unpaired) electrons. The van der Waals surface area contributed by atoms with Crippen LogP contribution in [-0.4, -0.2) is 49.4 Å². The first-order valence-corrected chi connectivity index (χ1v) is 11.4. The van der Waals surface area contributed by atoms with Crippen molar-refractivity contribution in [3.05, 3.63) is 78.0 Å². The molecular formula is C26H29N5O2. The standard InChI is InChI=1S/C26H29N5O2/c1-2-15-33-19-22-17-23(6-7-25(22)31-12-10-27-11-13-31)29-26-28-9-8-24(30-26)21-5-3-4-20(16-21)18-32-14-1/h1-9,16-17,27H,10-15,18-19H2,(H,28,29,30). The van der Waals surface area contributed by atoms with Gasteiger partial charge in [0.2, 0.25) is 5.95 Å². The van der Waals surface area contributed by atoms with E-state index >= 15 is 0 Å². The van der Waals surface area contributed by atoms with E-state index in [1.165, 1.54) is 5.69 Å². The minimum absolute atomic E-state index is 0.533. The average Bonchev–Trinajstić information content (AvgIpc) is 2.86. The molecule has 0 aliphatic carbocycles. The second-order valence-electron chi connectivity index (χ2n) is 8.17. The van der Waals surface area contributed by atoms with Crippen molar-refractivity contribution in [2.45, 2.75) is 13.2 Å². The van der Waals surface area contributed by atoms with Gasteiger partial charge in [0.05, 0.1) is 32.1 Å². The van der Waals surface area contributed by atoms with Gasteiger partial charge < -0.3 is 25.0 Å². The van der Waals surface area contributed by atoms with Gasteiger partial charge >= 0.3 is 0 Å². The maximum absolute atomic E-state index is 5.99. The van der Waals surface area contributed by atoms with Gasteiger partial charge in [-0.15, -0.1) is 0 Å². The summed E-state index contributed by atoms with van der Waals surface area (Å²) >= 11 is 0. The van der Waals surface area contributed by atoms with Gasteiger partial charge in [-0.05, 0) is 35.9 Å². The SMILES string of the molecule is C1=CCOCc2cc(ccc2N2CCNCC2)Nc2nccc(n2)-c2cccc(c2)COC1. The maximum atomic E-state index is 5.99. The number of benzene rings is 2. The van der Waals surface area contributed by atoms with Crippen LogP contribution in [0.5, 0.6) is 0 Å². The molecule has 2 aliphatic heterocycles. The second-order valence-corrected chi connectivity index (χ2v) is 8.17. The summed E-state index contributed by atoms with van der Waals surface area (Å²) in [7, 11) is 0. The number of ether oxygens (including phenoxy) is 2. The molecule has 3 heterocycles. The number of hydrogen-bond donors (Lipinski definition) is 2. The Labute approximate surface area is 194 Å². The third-order valence-electron chi connectivity index (χ3n) is 5.79.